The van der Waals surface area contributed by atoms with Crippen molar-refractivity contribution in [2.75, 3.05) is 14.2 Å². The quantitative estimate of drug-likeness (QED) is 0.676. The van der Waals surface area contributed by atoms with Crippen LogP contribution in [0.5, 0.6) is 5.75 Å². The van der Waals surface area contributed by atoms with Crippen molar-refractivity contribution < 1.29 is 14.3 Å². The van der Waals surface area contributed by atoms with Crippen LogP contribution in [0.25, 0.3) is 0 Å². The van der Waals surface area contributed by atoms with Crippen LogP contribution in [0, 0.1) is 5.92 Å². The number of nitrogens with one attached hydrogen (secondary N) is 1. The molecule has 0 bridgehead atoms. The van der Waals surface area contributed by atoms with Crippen molar-refractivity contribution >= 4 is 11.7 Å². The van der Waals surface area contributed by atoms with Crippen molar-refractivity contribution in [1.82, 2.24) is 9.88 Å². The molecule has 1 aliphatic rings. The second kappa shape index (κ2) is 8.87. The van der Waals surface area contributed by atoms with E-state index in [4.69, 9.17) is 4.74 Å². The van der Waals surface area contributed by atoms with Gasteiger partial charge in [-0.1, -0.05) is 31.4 Å². The topological polar surface area (TPSA) is 77.4 Å². The SMILES string of the molecule is CNC(=O)c1cc(C(=O)CCCC2CC2)cn(Cc2cccc(OC)c2)c1=O. The fourth-order valence-corrected chi connectivity index (χ4v) is 3.27. The van der Waals surface area contributed by atoms with Gasteiger partial charge in [0.2, 0.25) is 0 Å². The van der Waals surface area contributed by atoms with Crippen LogP contribution in [-0.4, -0.2) is 30.4 Å². The largest absolute Gasteiger partial charge is 0.497 e. The van der Waals surface area contributed by atoms with Crippen LogP contribution >= 0.6 is 0 Å². The summed E-state index contributed by atoms with van der Waals surface area (Å²) in [5.74, 6) is 0.933. The molecule has 6 heteroatoms. The predicted octanol–water partition coefficient (Wildman–Crippen LogP) is 3.03. The van der Waals surface area contributed by atoms with E-state index in [1.165, 1.54) is 30.5 Å². The molecule has 1 fully saturated rings. The van der Waals surface area contributed by atoms with Crippen LogP contribution in [0.2, 0.25) is 0 Å². The number of Topliss-reactive ketones (excluding diaryl/α,β-unsaturated/α-hetero) is 1. The summed E-state index contributed by atoms with van der Waals surface area (Å²) in [6.07, 6.45) is 6.43. The number of pyridine rings is 1. The molecule has 148 valence electrons. The van der Waals surface area contributed by atoms with E-state index in [0.717, 1.165) is 24.3 Å². The third kappa shape index (κ3) is 4.88. The van der Waals surface area contributed by atoms with Gasteiger partial charge in [-0.05, 0) is 36.1 Å². The minimum Gasteiger partial charge on any atom is -0.497 e. The molecule has 0 unspecified atom stereocenters. The number of hydrogen-bond donors (Lipinski definition) is 1. The maximum Gasteiger partial charge on any atom is 0.263 e. The number of methoxy groups -OCH3 is 1. The summed E-state index contributed by atoms with van der Waals surface area (Å²) in [7, 11) is 3.05. The van der Waals surface area contributed by atoms with Crippen molar-refractivity contribution in [3.63, 3.8) is 0 Å². The molecule has 1 N–H and O–H groups in total. The number of carbonyl (C=O) groups is 2. The van der Waals surface area contributed by atoms with Crippen LogP contribution in [0.1, 0.15) is 58.4 Å². The van der Waals surface area contributed by atoms with Gasteiger partial charge in [0.25, 0.3) is 11.5 Å². The zero-order valence-corrected chi connectivity index (χ0v) is 16.4. The van der Waals surface area contributed by atoms with Gasteiger partial charge >= 0.3 is 0 Å². The first kappa shape index (κ1) is 19.9. The Kier molecular flexibility index (Phi) is 6.29. The van der Waals surface area contributed by atoms with Crippen LogP contribution in [0.4, 0.5) is 0 Å². The molecule has 0 atom stereocenters. The minimum atomic E-state index is -0.489. The lowest BCUT2D eigenvalue weighted by molar-refractivity contribution is 0.0961. The maximum absolute atomic E-state index is 12.8. The van der Waals surface area contributed by atoms with Gasteiger partial charge in [-0.15, -0.1) is 0 Å². The number of hydrogen-bond acceptors (Lipinski definition) is 4. The highest BCUT2D eigenvalue weighted by Crippen LogP contribution is 2.34. The summed E-state index contributed by atoms with van der Waals surface area (Å²) >= 11 is 0. The molecule has 1 amide bonds. The van der Waals surface area contributed by atoms with Gasteiger partial charge in [0.15, 0.2) is 5.78 Å². The molecular formula is C22H26N2O4. The van der Waals surface area contributed by atoms with Crippen LogP contribution in [0.3, 0.4) is 0 Å². The number of benzene rings is 1. The molecular weight excluding hydrogens is 356 g/mol. The summed E-state index contributed by atoms with van der Waals surface area (Å²) in [5, 5.41) is 2.48. The van der Waals surface area contributed by atoms with Gasteiger partial charge < -0.3 is 14.6 Å². The average Bonchev–Trinajstić information content (AvgIpc) is 3.53. The molecule has 1 aromatic heterocycles. The number of rotatable bonds is 9. The van der Waals surface area contributed by atoms with E-state index in [1.807, 2.05) is 24.3 Å². The number of ether oxygens (including phenoxy) is 1. The third-order valence-corrected chi connectivity index (χ3v) is 5.08. The van der Waals surface area contributed by atoms with E-state index in [9.17, 15) is 14.4 Å². The highest BCUT2D eigenvalue weighted by Gasteiger charge is 2.22. The highest BCUT2D eigenvalue weighted by molar-refractivity contribution is 6.00. The standard InChI is InChI=1S/C22H26N2O4/c1-23-21(26)19-12-17(20(25)8-4-5-15-9-10-15)14-24(22(19)27)13-16-6-3-7-18(11-16)28-2/h3,6-7,11-12,14-15H,4-5,8-10,13H2,1-2H3,(H,23,26). The highest BCUT2D eigenvalue weighted by atomic mass is 16.5. The molecule has 1 saturated carbocycles. The summed E-state index contributed by atoms with van der Waals surface area (Å²) in [6.45, 7) is 0.253. The first-order valence-corrected chi connectivity index (χ1v) is 9.64. The van der Waals surface area contributed by atoms with E-state index in [0.29, 0.717) is 17.7 Å². The Morgan fingerprint density at radius 3 is 2.71 bits per heavy atom. The van der Waals surface area contributed by atoms with Gasteiger partial charge in [-0.3, -0.25) is 14.4 Å². The van der Waals surface area contributed by atoms with Gasteiger partial charge in [-0.2, -0.15) is 0 Å². The first-order chi connectivity index (χ1) is 13.5. The number of carbonyl (C=O) groups excluding carboxylic acids is 2. The Morgan fingerprint density at radius 2 is 2.04 bits per heavy atom. The molecule has 0 saturated heterocycles. The van der Waals surface area contributed by atoms with E-state index in [-0.39, 0.29) is 17.9 Å². The first-order valence-electron chi connectivity index (χ1n) is 9.64. The number of nitrogens with zero attached hydrogens (tertiary/aromatic N) is 1. The Morgan fingerprint density at radius 1 is 1.25 bits per heavy atom. The molecule has 1 aliphatic carbocycles. The molecule has 0 radical (unpaired) electrons. The lowest BCUT2D eigenvalue weighted by Gasteiger charge is -2.12. The van der Waals surface area contributed by atoms with E-state index >= 15 is 0 Å². The van der Waals surface area contributed by atoms with Crippen molar-refractivity contribution in [3.8, 4) is 5.75 Å². The number of amides is 1. The summed E-state index contributed by atoms with van der Waals surface area (Å²) in [5.41, 5.74) is 0.815. The Bertz CT molecular complexity index is 928. The van der Waals surface area contributed by atoms with E-state index < -0.39 is 11.5 Å². The molecule has 1 heterocycles. The van der Waals surface area contributed by atoms with Crippen molar-refractivity contribution in [2.24, 2.45) is 5.92 Å². The lowest BCUT2D eigenvalue weighted by Crippen LogP contribution is -2.32. The van der Waals surface area contributed by atoms with Gasteiger partial charge in [-0.25, -0.2) is 0 Å². The molecule has 1 aromatic carbocycles. The van der Waals surface area contributed by atoms with Crippen LogP contribution in [-0.2, 0) is 6.54 Å². The van der Waals surface area contributed by atoms with E-state index in [1.54, 1.807) is 13.3 Å². The summed E-state index contributed by atoms with van der Waals surface area (Å²) < 4.78 is 6.65. The molecule has 2 aromatic rings. The average molecular weight is 382 g/mol. The summed E-state index contributed by atoms with van der Waals surface area (Å²) in [4.78, 5) is 37.6. The summed E-state index contributed by atoms with van der Waals surface area (Å²) in [6, 6.07) is 8.78. The smallest absolute Gasteiger partial charge is 0.263 e. The third-order valence-electron chi connectivity index (χ3n) is 5.08. The normalized spacial score (nSPS) is 13.2. The molecule has 6 nitrogen and oxygen atoms in total. The van der Waals surface area contributed by atoms with Gasteiger partial charge in [0.05, 0.1) is 13.7 Å². The fourth-order valence-electron chi connectivity index (χ4n) is 3.27. The monoisotopic (exact) mass is 382 g/mol. The minimum absolute atomic E-state index is 0.0153. The Balaban J connectivity index is 1.89. The Labute approximate surface area is 164 Å². The molecule has 28 heavy (non-hydrogen) atoms. The van der Waals surface area contributed by atoms with Crippen LogP contribution < -0.4 is 15.6 Å². The molecule has 0 spiro atoms. The van der Waals surface area contributed by atoms with Crippen molar-refractivity contribution in [2.45, 2.75) is 38.6 Å². The zero-order chi connectivity index (χ0) is 20.1. The Hall–Kier alpha value is -2.89. The fraction of sp³-hybridized carbons (Fsp3) is 0.409. The van der Waals surface area contributed by atoms with Crippen LogP contribution in [0.15, 0.2) is 41.3 Å². The maximum atomic E-state index is 12.8. The molecule has 0 aliphatic heterocycles. The predicted molar refractivity (Wildman–Crippen MR) is 107 cm³/mol. The second-order valence-electron chi connectivity index (χ2n) is 7.26. The lowest BCUT2D eigenvalue weighted by atomic mass is 10.0. The van der Waals surface area contributed by atoms with E-state index in [2.05, 4.69) is 5.32 Å². The van der Waals surface area contributed by atoms with Crippen molar-refractivity contribution in [1.29, 1.82) is 0 Å². The second-order valence-corrected chi connectivity index (χ2v) is 7.26. The van der Waals surface area contributed by atoms with Gasteiger partial charge in [0, 0.05) is 25.2 Å². The zero-order valence-electron chi connectivity index (χ0n) is 16.4. The van der Waals surface area contributed by atoms with Gasteiger partial charge in [0.1, 0.15) is 11.3 Å². The number of aromatic nitrogens is 1. The van der Waals surface area contributed by atoms with Crippen molar-refractivity contribution in [3.05, 3.63) is 63.6 Å². The number of ketones is 1. The molecule has 3 rings (SSSR count).